The van der Waals surface area contributed by atoms with Gasteiger partial charge in [-0.1, -0.05) is 26.3 Å². The molecule has 1 heterocycles. The van der Waals surface area contributed by atoms with E-state index in [2.05, 4.69) is 24.9 Å². The molecule has 0 aromatic heterocycles. The van der Waals surface area contributed by atoms with Gasteiger partial charge < -0.3 is 0 Å². The average molecular weight is 165 g/mol. The maximum Gasteiger partial charge on any atom is 0.0395 e. The zero-order valence-corrected chi connectivity index (χ0v) is 8.27. The van der Waals surface area contributed by atoms with Crippen molar-refractivity contribution in [2.24, 2.45) is 4.99 Å². The molecule has 1 rings (SSSR count). The molecule has 0 bridgehead atoms. The van der Waals surface area contributed by atoms with Gasteiger partial charge in [-0.15, -0.1) is 0 Å². The van der Waals surface area contributed by atoms with Crippen LogP contribution in [-0.2, 0) is 0 Å². The normalized spacial score (nSPS) is 18.2. The fourth-order valence-corrected chi connectivity index (χ4v) is 1.66. The average Bonchev–Trinajstić information content (AvgIpc) is 2.30. The maximum absolute atomic E-state index is 4.59. The lowest BCUT2D eigenvalue weighted by atomic mass is 10.0. The predicted octanol–water partition coefficient (Wildman–Crippen LogP) is 3.36. The van der Waals surface area contributed by atoms with Gasteiger partial charge in [0, 0.05) is 12.3 Å². The Labute approximate surface area is 75.6 Å². The van der Waals surface area contributed by atoms with E-state index in [9.17, 15) is 0 Å². The van der Waals surface area contributed by atoms with Crippen molar-refractivity contribution >= 4 is 5.71 Å². The molecule has 0 spiro atoms. The van der Waals surface area contributed by atoms with Crippen LogP contribution in [0.25, 0.3) is 0 Å². The Balaban J connectivity index is 2.68. The zero-order chi connectivity index (χ0) is 8.81. The maximum atomic E-state index is 4.59. The zero-order valence-electron chi connectivity index (χ0n) is 8.27. The van der Waals surface area contributed by atoms with Crippen molar-refractivity contribution < 1.29 is 0 Å². The van der Waals surface area contributed by atoms with Crippen LogP contribution < -0.4 is 0 Å². The minimum atomic E-state index is 1.03. The summed E-state index contributed by atoms with van der Waals surface area (Å²) in [5.74, 6) is 0. The first-order chi connectivity index (χ1) is 5.88. The van der Waals surface area contributed by atoms with Crippen LogP contribution in [0.1, 0.15) is 46.0 Å². The van der Waals surface area contributed by atoms with Gasteiger partial charge in [0.15, 0.2) is 0 Å². The lowest BCUT2D eigenvalue weighted by Crippen LogP contribution is -2.00. The largest absolute Gasteiger partial charge is 0.289 e. The second-order valence-corrected chi connectivity index (χ2v) is 3.30. The molecule has 0 fully saturated rings. The molecular weight excluding hydrogens is 146 g/mol. The first-order valence-corrected chi connectivity index (χ1v) is 5.11. The Hall–Kier alpha value is -0.590. The summed E-state index contributed by atoms with van der Waals surface area (Å²) in [6.45, 7) is 5.47. The van der Waals surface area contributed by atoms with Crippen molar-refractivity contribution in [2.45, 2.75) is 46.0 Å². The number of nitrogens with zero attached hydrogens (tertiary/aromatic N) is 1. The molecule has 0 aromatic carbocycles. The Morgan fingerprint density at radius 3 is 2.92 bits per heavy atom. The summed E-state index contributed by atoms with van der Waals surface area (Å²) in [6, 6.07) is 0. The first-order valence-electron chi connectivity index (χ1n) is 5.11. The fourth-order valence-electron chi connectivity index (χ4n) is 1.66. The molecule has 1 aliphatic rings. The van der Waals surface area contributed by atoms with E-state index in [4.69, 9.17) is 0 Å². The summed E-state index contributed by atoms with van der Waals surface area (Å²) in [5, 5.41) is 0. The number of rotatable bonds is 3. The van der Waals surface area contributed by atoms with Crippen LogP contribution in [-0.4, -0.2) is 12.3 Å². The van der Waals surface area contributed by atoms with E-state index in [1.165, 1.54) is 37.0 Å². The van der Waals surface area contributed by atoms with Crippen molar-refractivity contribution in [1.82, 2.24) is 0 Å². The molecule has 0 atom stereocenters. The minimum Gasteiger partial charge on any atom is -0.289 e. The molecule has 0 aromatic rings. The second-order valence-electron chi connectivity index (χ2n) is 3.30. The van der Waals surface area contributed by atoms with Gasteiger partial charge in [0.05, 0.1) is 0 Å². The van der Waals surface area contributed by atoms with Crippen LogP contribution in [0.5, 0.6) is 0 Å². The lowest BCUT2D eigenvalue weighted by molar-refractivity contribution is 0.860. The van der Waals surface area contributed by atoms with Crippen LogP contribution in [0.3, 0.4) is 0 Å². The summed E-state index contributed by atoms with van der Waals surface area (Å²) >= 11 is 0. The molecule has 0 amide bonds. The van der Waals surface area contributed by atoms with Crippen LogP contribution in [0, 0.1) is 0 Å². The second kappa shape index (κ2) is 5.13. The highest BCUT2D eigenvalue weighted by molar-refractivity contribution is 6.00. The summed E-state index contributed by atoms with van der Waals surface area (Å²) in [6.07, 6.45) is 8.40. The van der Waals surface area contributed by atoms with E-state index in [0.29, 0.717) is 0 Å². The predicted molar refractivity (Wildman–Crippen MR) is 54.8 cm³/mol. The van der Waals surface area contributed by atoms with Gasteiger partial charge in [-0.25, -0.2) is 0 Å². The molecule has 1 heteroatoms. The van der Waals surface area contributed by atoms with Crippen molar-refractivity contribution in [2.75, 3.05) is 6.54 Å². The minimum absolute atomic E-state index is 1.03. The van der Waals surface area contributed by atoms with Crippen molar-refractivity contribution in [1.29, 1.82) is 0 Å². The third kappa shape index (κ3) is 2.47. The third-order valence-corrected chi connectivity index (χ3v) is 2.28. The molecule has 1 aliphatic heterocycles. The van der Waals surface area contributed by atoms with E-state index in [0.717, 1.165) is 13.0 Å². The lowest BCUT2D eigenvalue weighted by Gasteiger charge is -2.05. The van der Waals surface area contributed by atoms with Crippen LogP contribution in [0.2, 0.25) is 0 Å². The highest BCUT2D eigenvalue weighted by atomic mass is 14.7. The van der Waals surface area contributed by atoms with E-state index >= 15 is 0 Å². The van der Waals surface area contributed by atoms with Gasteiger partial charge in [-0.3, -0.25) is 4.99 Å². The summed E-state index contributed by atoms with van der Waals surface area (Å²) in [4.78, 5) is 4.59. The van der Waals surface area contributed by atoms with E-state index in [1.54, 1.807) is 0 Å². The van der Waals surface area contributed by atoms with Gasteiger partial charge in [-0.2, -0.15) is 0 Å². The molecule has 12 heavy (non-hydrogen) atoms. The van der Waals surface area contributed by atoms with E-state index in [-0.39, 0.29) is 0 Å². The highest BCUT2D eigenvalue weighted by Crippen LogP contribution is 2.15. The van der Waals surface area contributed by atoms with Crippen LogP contribution in [0.4, 0.5) is 0 Å². The molecule has 0 N–H and O–H groups in total. The van der Waals surface area contributed by atoms with Gasteiger partial charge in [-0.05, 0) is 31.3 Å². The van der Waals surface area contributed by atoms with Crippen molar-refractivity contribution in [3.05, 3.63) is 11.6 Å². The summed E-state index contributed by atoms with van der Waals surface area (Å²) < 4.78 is 0. The first kappa shape index (κ1) is 9.50. The van der Waals surface area contributed by atoms with E-state index in [1.807, 2.05) is 0 Å². The Morgan fingerprint density at radius 1 is 1.42 bits per heavy atom. The molecule has 0 saturated heterocycles. The molecule has 1 nitrogen and oxygen atoms in total. The number of allylic oxidation sites excluding steroid dienone is 2. The Kier molecular flexibility index (Phi) is 4.06. The van der Waals surface area contributed by atoms with Gasteiger partial charge in [0.25, 0.3) is 0 Å². The number of aliphatic imine (C=N–C) groups is 1. The molecule has 0 saturated carbocycles. The standard InChI is InChI=1S/C11H19N/c1-3-7-10-8-5-6-9-12-11(10)4-2/h8H,3-7,9H2,1-2H3. The van der Waals surface area contributed by atoms with Crippen molar-refractivity contribution in [3.63, 3.8) is 0 Å². The number of hydrogen-bond donors (Lipinski definition) is 0. The van der Waals surface area contributed by atoms with Crippen molar-refractivity contribution in [3.8, 4) is 0 Å². The monoisotopic (exact) mass is 165 g/mol. The molecule has 0 aliphatic carbocycles. The smallest absolute Gasteiger partial charge is 0.0395 e. The quantitative estimate of drug-likeness (QED) is 0.608. The van der Waals surface area contributed by atoms with Gasteiger partial charge in [0.2, 0.25) is 0 Å². The summed E-state index contributed by atoms with van der Waals surface area (Å²) in [5.41, 5.74) is 2.87. The Morgan fingerprint density at radius 2 is 2.25 bits per heavy atom. The van der Waals surface area contributed by atoms with Crippen LogP contribution >= 0.6 is 0 Å². The molecular formula is C11H19N. The summed E-state index contributed by atoms with van der Waals surface area (Å²) in [7, 11) is 0. The molecule has 0 unspecified atom stereocenters. The van der Waals surface area contributed by atoms with Gasteiger partial charge in [0.1, 0.15) is 0 Å². The topological polar surface area (TPSA) is 12.4 Å². The van der Waals surface area contributed by atoms with Gasteiger partial charge >= 0.3 is 0 Å². The molecule has 68 valence electrons. The number of hydrogen-bond acceptors (Lipinski definition) is 1. The Bertz CT molecular complexity index is 189. The highest BCUT2D eigenvalue weighted by Gasteiger charge is 2.05. The third-order valence-electron chi connectivity index (χ3n) is 2.28. The van der Waals surface area contributed by atoms with E-state index < -0.39 is 0 Å². The molecule has 0 radical (unpaired) electrons. The SMILES string of the molecule is CCCC1=CCCCN=C1CC. The van der Waals surface area contributed by atoms with Crippen LogP contribution in [0.15, 0.2) is 16.6 Å². The fraction of sp³-hybridized carbons (Fsp3) is 0.727.